The molecule has 31 heavy (non-hydrogen) atoms. The van der Waals surface area contributed by atoms with Crippen LogP contribution >= 0.6 is 11.3 Å². The predicted molar refractivity (Wildman–Crippen MR) is 125 cm³/mol. The zero-order chi connectivity index (χ0) is 21.8. The molecule has 0 aliphatic carbocycles. The summed E-state index contributed by atoms with van der Waals surface area (Å²) in [7, 11) is 3.22. The number of aromatic nitrogens is 1. The molecule has 2 aromatic carbocycles. The topological polar surface area (TPSA) is 63.7 Å². The van der Waals surface area contributed by atoms with Gasteiger partial charge in [0.2, 0.25) is 5.91 Å². The number of anilines is 2. The van der Waals surface area contributed by atoms with Crippen LogP contribution in [0, 0.1) is 5.92 Å². The van der Waals surface area contributed by atoms with Gasteiger partial charge in [0, 0.05) is 35.4 Å². The van der Waals surface area contributed by atoms with E-state index in [0.717, 1.165) is 41.0 Å². The number of nitrogens with zero attached hydrogens (tertiary/aromatic N) is 2. The first-order chi connectivity index (χ1) is 15.1. The van der Waals surface area contributed by atoms with Crippen LogP contribution in [0.1, 0.15) is 19.0 Å². The lowest BCUT2D eigenvalue weighted by atomic mass is 10.2. The Kier molecular flexibility index (Phi) is 6.42. The quantitative estimate of drug-likeness (QED) is 0.572. The molecule has 3 aromatic rings. The third kappa shape index (κ3) is 4.99. The average molecular weight is 438 g/mol. The van der Waals surface area contributed by atoms with E-state index in [9.17, 15) is 4.79 Å². The molecule has 0 radical (unpaired) electrons. The maximum absolute atomic E-state index is 12.5. The Morgan fingerprint density at radius 1 is 1.16 bits per heavy atom. The molecule has 0 saturated carbocycles. The van der Waals surface area contributed by atoms with E-state index in [2.05, 4.69) is 34.3 Å². The first kappa shape index (κ1) is 21.2. The standard InChI is InChI=1S/C24H27N3O3S/c1-16-10-11-27(14-16)20-7-5-18(6-8-20)25-23(28)13-19-15-31-24(26-19)17-4-9-21(29-2)22(12-17)30-3/h4-9,12,15-16H,10-11,13-14H2,1-3H3,(H,25,28). The number of rotatable bonds is 7. The minimum absolute atomic E-state index is 0.0771. The number of hydrogen-bond donors (Lipinski definition) is 1. The SMILES string of the molecule is COc1ccc(-c2nc(CC(=O)Nc3ccc(N4CCC(C)C4)cc3)cs2)cc1OC. The Hall–Kier alpha value is -3.06. The number of amides is 1. The molecule has 1 saturated heterocycles. The summed E-state index contributed by atoms with van der Waals surface area (Å²) in [5, 5.41) is 5.73. The van der Waals surface area contributed by atoms with Gasteiger partial charge in [-0.05, 0) is 54.8 Å². The second kappa shape index (κ2) is 9.39. The molecule has 1 amide bonds. The van der Waals surface area contributed by atoms with Gasteiger partial charge < -0.3 is 19.7 Å². The molecule has 1 unspecified atom stereocenters. The number of nitrogens with one attached hydrogen (secondary N) is 1. The number of benzene rings is 2. The molecule has 1 N–H and O–H groups in total. The monoisotopic (exact) mass is 437 g/mol. The van der Waals surface area contributed by atoms with Crippen molar-refractivity contribution in [3.05, 3.63) is 53.5 Å². The maximum Gasteiger partial charge on any atom is 0.230 e. The number of hydrogen-bond acceptors (Lipinski definition) is 6. The Bertz CT molecular complexity index is 1050. The fourth-order valence-corrected chi connectivity index (χ4v) is 4.60. The van der Waals surface area contributed by atoms with Crippen molar-refractivity contribution in [1.29, 1.82) is 0 Å². The lowest BCUT2D eigenvalue weighted by molar-refractivity contribution is -0.115. The number of carbonyl (C=O) groups excluding carboxylic acids is 1. The van der Waals surface area contributed by atoms with Crippen molar-refractivity contribution in [3.63, 3.8) is 0 Å². The third-order valence-corrected chi connectivity index (χ3v) is 6.40. The number of ether oxygens (including phenoxy) is 2. The van der Waals surface area contributed by atoms with Crippen LogP contribution in [0.5, 0.6) is 11.5 Å². The summed E-state index contributed by atoms with van der Waals surface area (Å²) in [6.45, 7) is 4.47. The molecule has 162 valence electrons. The van der Waals surface area contributed by atoms with E-state index >= 15 is 0 Å². The van der Waals surface area contributed by atoms with Gasteiger partial charge in [0.15, 0.2) is 11.5 Å². The molecular formula is C24H27N3O3S. The molecule has 7 heteroatoms. The van der Waals surface area contributed by atoms with Crippen molar-refractivity contribution in [2.24, 2.45) is 5.92 Å². The van der Waals surface area contributed by atoms with Crippen molar-refractivity contribution >= 4 is 28.6 Å². The van der Waals surface area contributed by atoms with E-state index in [1.165, 1.54) is 23.4 Å². The van der Waals surface area contributed by atoms with Crippen molar-refractivity contribution in [2.45, 2.75) is 19.8 Å². The molecular weight excluding hydrogens is 410 g/mol. The van der Waals surface area contributed by atoms with Crippen molar-refractivity contribution in [1.82, 2.24) is 4.98 Å². The van der Waals surface area contributed by atoms with E-state index in [4.69, 9.17) is 9.47 Å². The van der Waals surface area contributed by atoms with Gasteiger partial charge >= 0.3 is 0 Å². The fourth-order valence-electron chi connectivity index (χ4n) is 3.78. The molecule has 1 aromatic heterocycles. The summed E-state index contributed by atoms with van der Waals surface area (Å²) < 4.78 is 10.7. The van der Waals surface area contributed by atoms with Crippen LogP contribution in [0.2, 0.25) is 0 Å². The Morgan fingerprint density at radius 2 is 1.94 bits per heavy atom. The second-order valence-electron chi connectivity index (χ2n) is 7.83. The van der Waals surface area contributed by atoms with Gasteiger partial charge in [-0.1, -0.05) is 6.92 Å². The lowest BCUT2D eigenvalue weighted by Gasteiger charge is -2.18. The van der Waals surface area contributed by atoms with Crippen LogP contribution in [-0.4, -0.2) is 38.2 Å². The minimum atomic E-state index is -0.0771. The van der Waals surface area contributed by atoms with Gasteiger partial charge in [-0.15, -0.1) is 11.3 Å². The molecule has 6 nitrogen and oxygen atoms in total. The normalized spacial score (nSPS) is 15.7. The van der Waals surface area contributed by atoms with Gasteiger partial charge in [0.05, 0.1) is 26.3 Å². The van der Waals surface area contributed by atoms with Crippen molar-refractivity contribution in [3.8, 4) is 22.1 Å². The summed E-state index contributed by atoms with van der Waals surface area (Å²) in [6, 6.07) is 13.8. The first-order valence-electron chi connectivity index (χ1n) is 10.4. The van der Waals surface area contributed by atoms with Crippen LogP contribution < -0.4 is 19.7 Å². The highest BCUT2D eigenvalue weighted by molar-refractivity contribution is 7.13. The smallest absolute Gasteiger partial charge is 0.230 e. The molecule has 1 atom stereocenters. The Morgan fingerprint density at radius 3 is 2.61 bits per heavy atom. The van der Waals surface area contributed by atoms with E-state index in [1.807, 2.05) is 35.7 Å². The van der Waals surface area contributed by atoms with Gasteiger partial charge in [-0.2, -0.15) is 0 Å². The first-order valence-corrected chi connectivity index (χ1v) is 11.3. The van der Waals surface area contributed by atoms with Gasteiger partial charge in [0.25, 0.3) is 0 Å². The third-order valence-electron chi connectivity index (χ3n) is 5.46. The Labute approximate surface area is 186 Å². The van der Waals surface area contributed by atoms with Crippen LogP contribution in [0.15, 0.2) is 47.8 Å². The van der Waals surface area contributed by atoms with E-state index < -0.39 is 0 Å². The van der Waals surface area contributed by atoms with E-state index in [0.29, 0.717) is 11.5 Å². The largest absolute Gasteiger partial charge is 0.493 e. The maximum atomic E-state index is 12.5. The molecule has 1 aliphatic heterocycles. The van der Waals surface area contributed by atoms with E-state index in [-0.39, 0.29) is 12.3 Å². The zero-order valence-corrected chi connectivity index (χ0v) is 18.9. The number of carbonyl (C=O) groups is 1. The second-order valence-corrected chi connectivity index (χ2v) is 8.68. The molecule has 0 spiro atoms. The summed E-state index contributed by atoms with van der Waals surface area (Å²) in [4.78, 5) is 19.5. The molecule has 1 aliphatic rings. The number of thiazole rings is 1. The van der Waals surface area contributed by atoms with Crippen molar-refractivity contribution in [2.75, 3.05) is 37.5 Å². The van der Waals surface area contributed by atoms with Crippen LogP contribution in [-0.2, 0) is 11.2 Å². The van der Waals surface area contributed by atoms with Gasteiger partial charge in [-0.3, -0.25) is 4.79 Å². The van der Waals surface area contributed by atoms with Gasteiger partial charge in [-0.25, -0.2) is 4.98 Å². The average Bonchev–Trinajstić information content (AvgIpc) is 3.43. The fraction of sp³-hybridized carbons (Fsp3) is 0.333. The summed E-state index contributed by atoms with van der Waals surface area (Å²) in [5.74, 6) is 1.99. The van der Waals surface area contributed by atoms with Crippen LogP contribution in [0.25, 0.3) is 10.6 Å². The lowest BCUT2D eigenvalue weighted by Crippen LogP contribution is -2.19. The molecule has 0 bridgehead atoms. The highest BCUT2D eigenvalue weighted by atomic mass is 32.1. The van der Waals surface area contributed by atoms with E-state index in [1.54, 1.807) is 14.2 Å². The highest BCUT2D eigenvalue weighted by Gasteiger charge is 2.18. The zero-order valence-electron chi connectivity index (χ0n) is 18.1. The van der Waals surface area contributed by atoms with Crippen LogP contribution in [0.3, 0.4) is 0 Å². The summed E-state index contributed by atoms with van der Waals surface area (Å²) in [6.07, 6.45) is 1.46. The summed E-state index contributed by atoms with van der Waals surface area (Å²) in [5.41, 5.74) is 3.69. The summed E-state index contributed by atoms with van der Waals surface area (Å²) >= 11 is 1.51. The van der Waals surface area contributed by atoms with Crippen LogP contribution in [0.4, 0.5) is 11.4 Å². The predicted octanol–water partition coefficient (Wildman–Crippen LogP) is 4.85. The van der Waals surface area contributed by atoms with Gasteiger partial charge in [0.1, 0.15) is 5.01 Å². The number of methoxy groups -OCH3 is 2. The molecule has 2 heterocycles. The molecule has 1 fully saturated rings. The highest BCUT2D eigenvalue weighted by Crippen LogP contribution is 2.33. The minimum Gasteiger partial charge on any atom is -0.493 e. The molecule has 4 rings (SSSR count). The van der Waals surface area contributed by atoms with Crippen molar-refractivity contribution < 1.29 is 14.3 Å². The Balaban J connectivity index is 1.37.